The van der Waals surface area contributed by atoms with Gasteiger partial charge >= 0.3 is 6.18 Å². The van der Waals surface area contributed by atoms with Crippen molar-refractivity contribution in [2.75, 3.05) is 26.3 Å². The minimum absolute atomic E-state index is 0.0535. The zero-order chi connectivity index (χ0) is 17.2. The summed E-state index contributed by atoms with van der Waals surface area (Å²) < 4.78 is 43.0. The molecular weight excluding hydrogens is 325 g/mol. The second-order valence-electron chi connectivity index (χ2n) is 5.59. The quantitative estimate of drug-likeness (QED) is 0.882. The van der Waals surface area contributed by atoms with Gasteiger partial charge in [0.1, 0.15) is 11.9 Å². The highest BCUT2D eigenvalue weighted by atomic mass is 19.4. The Morgan fingerprint density at radius 1 is 1.42 bits per heavy atom. The number of carbonyl (C=O) groups excluding carboxylic acids is 1. The zero-order valence-electron chi connectivity index (χ0n) is 12.8. The van der Waals surface area contributed by atoms with Crippen LogP contribution in [-0.4, -0.2) is 59.3 Å². The van der Waals surface area contributed by atoms with Crippen LogP contribution in [0.25, 0.3) is 11.0 Å². The van der Waals surface area contributed by atoms with Gasteiger partial charge in [-0.05, 0) is 12.1 Å². The van der Waals surface area contributed by atoms with E-state index in [0.717, 1.165) is 15.9 Å². The maximum Gasteiger partial charge on any atom is 0.401 e. The number of halogens is 3. The molecule has 130 valence electrons. The SMILES string of the molecule is O=C(NCc1nc2ccccc2[nH]1)C1COCCN1CC(F)(F)F. The first kappa shape index (κ1) is 16.7. The highest BCUT2D eigenvalue weighted by Crippen LogP contribution is 2.19. The van der Waals surface area contributed by atoms with Crippen molar-refractivity contribution in [1.82, 2.24) is 20.2 Å². The summed E-state index contributed by atoms with van der Waals surface area (Å²) in [6.45, 7) is -0.809. The minimum Gasteiger partial charge on any atom is -0.378 e. The number of aromatic amines is 1. The molecule has 0 saturated carbocycles. The molecule has 1 aromatic carbocycles. The Labute approximate surface area is 136 Å². The molecule has 3 rings (SSSR count). The van der Waals surface area contributed by atoms with E-state index in [1.165, 1.54) is 0 Å². The van der Waals surface area contributed by atoms with Gasteiger partial charge in [0.05, 0.1) is 37.3 Å². The van der Waals surface area contributed by atoms with E-state index in [9.17, 15) is 18.0 Å². The molecule has 1 aromatic heterocycles. The number of H-pyrrole nitrogens is 1. The van der Waals surface area contributed by atoms with E-state index in [-0.39, 0.29) is 26.3 Å². The minimum atomic E-state index is -4.35. The molecule has 9 heteroatoms. The highest BCUT2D eigenvalue weighted by molar-refractivity contribution is 5.82. The van der Waals surface area contributed by atoms with Gasteiger partial charge in [-0.2, -0.15) is 13.2 Å². The lowest BCUT2D eigenvalue weighted by atomic mass is 10.2. The van der Waals surface area contributed by atoms with E-state index in [1.54, 1.807) is 0 Å². The summed E-state index contributed by atoms with van der Waals surface area (Å²) in [5.74, 6) is 0.0445. The zero-order valence-corrected chi connectivity index (χ0v) is 12.8. The van der Waals surface area contributed by atoms with Gasteiger partial charge in [-0.1, -0.05) is 12.1 Å². The number of aromatic nitrogens is 2. The number of alkyl halides is 3. The number of nitrogens with one attached hydrogen (secondary N) is 2. The summed E-state index contributed by atoms with van der Waals surface area (Å²) in [5.41, 5.74) is 1.60. The maximum atomic E-state index is 12.6. The normalized spacial score (nSPS) is 19.5. The van der Waals surface area contributed by atoms with E-state index >= 15 is 0 Å². The lowest BCUT2D eigenvalue weighted by Gasteiger charge is -2.34. The largest absolute Gasteiger partial charge is 0.401 e. The van der Waals surface area contributed by atoms with Crippen LogP contribution in [0.5, 0.6) is 0 Å². The van der Waals surface area contributed by atoms with Crippen molar-refractivity contribution < 1.29 is 22.7 Å². The highest BCUT2D eigenvalue weighted by Gasteiger charge is 2.38. The van der Waals surface area contributed by atoms with Crippen molar-refractivity contribution in [1.29, 1.82) is 0 Å². The number of rotatable bonds is 4. The number of amides is 1. The standard InChI is InChI=1S/C15H17F3N4O2/c16-15(17,18)9-22-5-6-24-8-12(22)14(23)19-7-13-20-10-3-1-2-4-11(10)21-13/h1-4,12H,5-9H2,(H,19,23)(H,20,21). The van der Waals surface area contributed by atoms with Crippen LogP contribution in [0.3, 0.4) is 0 Å². The Bertz CT molecular complexity index is 683. The number of para-hydroxylation sites is 2. The molecule has 6 nitrogen and oxygen atoms in total. The summed E-state index contributed by atoms with van der Waals surface area (Å²) in [4.78, 5) is 20.7. The molecule has 1 saturated heterocycles. The topological polar surface area (TPSA) is 70.2 Å². The number of fused-ring (bicyclic) bond motifs is 1. The third-order valence-corrected chi connectivity index (χ3v) is 3.79. The Hall–Kier alpha value is -2.13. The smallest absolute Gasteiger partial charge is 0.378 e. The average Bonchev–Trinajstić information content (AvgIpc) is 2.94. The van der Waals surface area contributed by atoms with Gasteiger partial charge in [-0.15, -0.1) is 0 Å². The van der Waals surface area contributed by atoms with Gasteiger partial charge < -0.3 is 15.0 Å². The lowest BCUT2D eigenvalue weighted by molar-refractivity contribution is -0.166. The fraction of sp³-hybridized carbons (Fsp3) is 0.467. The van der Waals surface area contributed by atoms with Crippen molar-refractivity contribution in [3.05, 3.63) is 30.1 Å². The van der Waals surface area contributed by atoms with E-state index < -0.39 is 24.7 Å². The molecule has 2 aromatic rings. The Balaban J connectivity index is 1.62. The number of hydrogen-bond donors (Lipinski definition) is 2. The van der Waals surface area contributed by atoms with Crippen LogP contribution in [0, 0.1) is 0 Å². The molecular formula is C15H17F3N4O2. The summed E-state index contributed by atoms with van der Waals surface area (Å²) in [7, 11) is 0. The molecule has 1 fully saturated rings. The number of benzene rings is 1. The van der Waals surface area contributed by atoms with Crippen LogP contribution in [0.15, 0.2) is 24.3 Å². The molecule has 1 atom stereocenters. The van der Waals surface area contributed by atoms with Crippen molar-refractivity contribution in [2.24, 2.45) is 0 Å². The molecule has 1 aliphatic heterocycles. The molecule has 0 spiro atoms. The van der Waals surface area contributed by atoms with Gasteiger partial charge in [0, 0.05) is 6.54 Å². The second-order valence-corrected chi connectivity index (χ2v) is 5.59. The Kier molecular flexibility index (Phi) is 4.72. The van der Waals surface area contributed by atoms with Gasteiger partial charge in [-0.25, -0.2) is 4.98 Å². The van der Waals surface area contributed by atoms with E-state index in [4.69, 9.17) is 4.74 Å². The van der Waals surface area contributed by atoms with Gasteiger partial charge in [0.25, 0.3) is 0 Å². The van der Waals surface area contributed by atoms with Crippen LogP contribution in [0.4, 0.5) is 13.2 Å². The van der Waals surface area contributed by atoms with Crippen LogP contribution < -0.4 is 5.32 Å². The molecule has 1 unspecified atom stereocenters. The van der Waals surface area contributed by atoms with Crippen molar-refractivity contribution >= 4 is 16.9 Å². The number of nitrogens with zero attached hydrogens (tertiary/aromatic N) is 2. The van der Waals surface area contributed by atoms with Crippen LogP contribution in [0.2, 0.25) is 0 Å². The first-order valence-corrected chi connectivity index (χ1v) is 7.52. The third kappa shape index (κ3) is 4.04. The molecule has 1 aliphatic rings. The Morgan fingerprint density at radius 2 is 2.21 bits per heavy atom. The Morgan fingerprint density at radius 3 is 2.96 bits per heavy atom. The van der Waals surface area contributed by atoms with Crippen molar-refractivity contribution in [3.8, 4) is 0 Å². The monoisotopic (exact) mass is 342 g/mol. The van der Waals surface area contributed by atoms with Crippen molar-refractivity contribution in [3.63, 3.8) is 0 Å². The molecule has 0 aliphatic carbocycles. The van der Waals surface area contributed by atoms with Gasteiger partial charge in [-0.3, -0.25) is 9.69 Å². The van der Waals surface area contributed by atoms with E-state index in [1.807, 2.05) is 24.3 Å². The fourth-order valence-corrected chi connectivity index (χ4v) is 2.68. The predicted octanol–water partition coefficient (Wildman–Crippen LogP) is 1.44. The van der Waals surface area contributed by atoms with Crippen LogP contribution >= 0.6 is 0 Å². The van der Waals surface area contributed by atoms with Gasteiger partial charge in [0.2, 0.25) is 5.91 Å². The van der Waals surface area contributed by atoms with Crippen LogP contribution in [0.1, 0.15) is 5.82 Å². The molecule has 2 N–H and O–H groups in total. The summed E-state index contributed by atoms with van der Waals surface area (Å²) >= 11 is 0. The van der Waals surface area contributed by atoms with Gasteiger partial charge in [0.15, 0.2) is 0 Å². The van der Waals surface area contributed by atoms with Crippen molar-refractivity contribution in [2.45, 2.75) is 18.8 Å². The maximum absolute atomic E-state index is 12.6. The fourth-order valence-electron chi connectivity index (χ4n) is 2.68. The second kappa shape index (κ2) is 6.78. The number of imidazole rings is 1. The molecule has 2 heterocycles. The summed E-state index contributed by atoms with van der Waals surface area (Å²) in [6.07, 6.45) is -4.35. The number of morpholine rings is 1. The summed E-state index contributed by atoms with van der Waals surface area (Å²) in [6, 6.07) is 6.44. The van der Waals surface area contributed by atoms with E-state index in [2.05, 4.69) is 15.3 Å². The first-order valence-electron chi connectivity index (χ1n) is 7.52. The number of carbonyl (C=O) groups is 1. The number of ether oxygens (including phenoxy) is 1. The van der Waals surface area contributed by atoms with E-state index in [0.29, 0.717) is 5.82 Å². The summed E-state index contributed by atoms with van der Waals surface area (Å²) in [5, 5.41) is 2.62. The molecule has 0 radical (unpaired) electrons. The molecule has 0 bridgehead atoms. The predicted molar refractivity (Wildman–Crippen MR) is 80.2 cm³/mol. The molecule has 24 heavy (non-hydrogen) atoms. The number of hydrogen-bond acceptors (Lipinski definition) is 4. The lowest BCUT2D eigenvalue weighted by Crippen LogP contribution is -2.55. The third-order valence-electron chi connectivity index (χ3n) is 3.79. The van der Waals surface area contributed by atoms with Crippen LogP contribution in [-0.2, 0) is 16.1 Å². The average molecular weight is 342 g/mol. The molecule has 1 amide bonds. The first-order chi connectivity index (χ1) is 11.4.